The molecule has 0 unspecified atom stereocenters. The van der Waals surface area contributed by atoms with Gasteiger partial charge in [-0.3, -0.25) is 4.79 Å². The zero-order valence-electron chi connectivity index (χ0n) is 10.6. The summed E-state index contributed by atoms with van der Waals surface area (Å²) in [6.45, 7) is 0.323. The van der Waals surface area contributed by atoms with E-state index in [-0.39, 0.29) is 5.91 Å². The van der Waals surface area contributed by atoms with Crippen LogP contribution < -0.4 is 15.0 Å². The maximum atomic E-state index is 11.8. The minimum absolute atomic E-state index is 0.00508. The Labute approximate surface area is 111 Å². The molecule has 0 aromatic heterocycles. The molecule has 96 valence electrons. The Kier molecular flexibility index (Phi) is 2.83. The maximum absolute atomic E-state index is 11.8. The molecule has 0 aliphatic carbocycles. The van der Waals surface area contributed by atoms with Crippen LogP contribution in [0.4, 0.5) is 17.1 Å². The highest BCUT2D eigenvalue weighted by Crippen LogP contribution is 2.35. The summed E-state index contributed by atoms with van der Waals surface area (Å²) in [5.74, 6) is 0.799. The number of carbonyl (C=O) groups is 1. The molecule has 1 aliphatic rings. The van der Waals surface area contributed by atoms with Gasteiger partial charge in [0, 0.05) is 5.69 Å². The van der Waals surface area contributed by atoms with Crippen molar-refractivity contribution in [2.45, 2.75) is 0 Å². The van der Waals surface area contributed by atoms with Gasteiger partial charge in [0.05, 0.1) is 18.5 Å². The number of amides is 1. The van der Waals surface area contributed by atoms with Gasteiger partial charge in [-0.25, -0.2) is 0 Å². The fraction of sp³-hybridized carbons (Fsp3) is 0.133. The number of methoxy groups -OCH3 is 1. The number of nitrogens with one attached hydrogen (secondary N) is 1. The molecule has 1 amide bonds. The fourth-order valence-electron chi connectivity index (χ4n) is 2.23. The predicted molar refractivity (Wildman–Crippen MR) is 75.1 cm³/mol. The number of hydrogen-bond donors (Lipinski definition) is 1. The highest BCUT2D eigenvalue weighted by Gasteiger charge is 2.22. The molecule has 3 rings (SSSR count). The first-order valence-corrected chi connectivity index (χ1v) is 6.08. The number of hydrogen-bond acceptors (Lipinski definition) is 3. The molecule has 0 saturated heterocycles. The third-order valence-corrected chi connectivity index (χ3v) is 3.15. The maximum Gasteiger partial charge on any atom is 0.244 e. The molecule has 2 aromatic rings. The average molecular weight is 254 g/mol. The van der Waals surface area contributed by atoms with E-state index < -0.39 is 0 Å². The quantitative estimate of drug-likeness (QED) is 0.896. The van der Waals surface area contributed by atoms with Crippen LogP contribution in [0, 0.1) is 0 Å². The summed E-state index contributed by atoms with van der Waals surface area (Å²) in [4.78, 5) is 13.7. The van der Waals surface area contributed by atoms with E-state index in [1.807, 2.05) is 53.4 Å². The lowest BCUT2D eigenvalue weighted by molar-refractivity contribution is -0.115. The number of para-hydroxylation sites is 2. The van der Waals surface area contributed by atoms with Crippen LogP contribution in [0.15, 0.2) is 48.5 Å². The summed E-state index contributed by atoms with van der Waals surface area (Å²) in [6, 6.07) is 15.5. The summed E-state index contributed by atoms with van der Waals surface area (Å²) >= 11 is 0. The Morgan fingerprint density at radius 1 is 1.11 bits per heavy atom. The second-order valence-corrected chi connectivity index (χ2v) is 4.35. The Morgan fingerprint density at radius 2 is 1.84 bits per heavy atom. The first-order chi connectivity index (χ1) is 9.28. The Balaban J connectivity index is 2.02. The van der Waals surface area contributed by atoms with Crippen LogP contribution in [-0.2, 0) is 4.79 Å². The summed E-state index contributed by atoms with van der Waals surface area (Å²) < 4.78 is 5.15. The van der Waals surface area contributed by atoms with Crippen molar-refractivity contribution in [2.75, 3.05) is 23.9 Å². The summed E-state index contributed by atoms with van der Waals surface area (Å²) in [6.07, 6.45) is 0. The molecular weight excluding hydrogens is 240 g/mol. The lowest BCUT2D eigenvalue weighted by Gasteiger charge is -2.30. The van der Waals surface area contributed by atoms with Crippen molar-refractivity contribution in [1.82, 2.24) is 0 Å². The lowest BCUT2D eigenvalue weighted by Crippen LogP contribution is -2.34. The van der Waals surface area contributed by atoms with E-state index in [9.17, 15) is 4.79 Å². The molecule has 0 radical (unpaired) electrons. The van der Waals surface area contributed by atoms with Gasteiger partial charge >= 0.3 is 0 Å². The molecule has 19 heavy (non-hydrogen) atoms. The van der Waals surface area contributed by atoms with Gasteiger partial charge in [0.2, 0.25) is 5.91 Å². The van der Waals surface area contributed by atoms with Crippen molar-refractivity contribution in [3.8, 4) is 5.75 Å². The van der Waals surface area contributed by atoms with Gasteiger partial charge in [-0.2, -0.15) is 0 Å². The lowest BCUT2D eigenvalue weighted by atomic mass is 10.1. The highest BCUT2D eigenvalue weighted by atomic mass is 16.5. The second-order valence-electron chi connectivity index (χ2n) is 4.35. The normalized spacial score (nSPS) is 13.7. The van der Waals surface area contributed by atoms with E-state index in [1.165, 1.54) is 0 Å². The molecule has 0 fully saturated rings. The number of fused-ring (bicyclic) bond motifs is 1. The third kappa shape index (κ3) is 2.12. The minimum atomic E-state index is -0.00508. The van der Waals surface area contributed by atoms with E-state index in [4.69, 9.17) is 4.74 Å². The van der Waals surface area contributed by atoms with E-state index in [1.54, 1.807) is 7.11 Å². The average Bonchev–Trinajstić information content (AvgIpc) is 2.46. The van der Waals surface area contributed by atoms with E-state index >= 15 is 0 Å². The van der Waals surface area contributed by atoms with E-state index in [0.717, 1.165) is 22.8 Å². The Bertz CT molecular complexity index is 608. The van der Waals surface area contributed by atoms with Gasteiger partial charge in [-0.05, 0) is 36.4 Å². The largest absolute Gasteiger partial charge is 0.497 e. The standard InChI is InChI=1S/C15H14N2O2/c1-19-12-8-6-11(7-9-12)17-10-15(18)16-13-4-2-3-5-14(13)17/h2-9H,10H2,1H3,(H,16,18). The highest BCUT2D eigenvalue weighted by molar-refractivity contribution is 6.03. The molecule has 2 aromatic carbocycles. The van der Waals surface area contributed by atoms with E-state index in [0.29, 0.717) is 6.54 Å². The molecule has 0 spiro atoms. The molecule has 0 saturated carbocycles. The first kappa shape index (κ1) is 11.6. The zero-order valence-corrected chi connectivity index (χ0v) is 10.6. The van der Waals surface area contributed by atoms with Gasteiger partial charge in [0.1, 0.15) is 12.3 Å². The Morgan fingerprint density at radius 3 is 2.58 bits per heavy atom. The van der Waals surface area contributed by atoms with Gasteiger partial charge in [-0.15, -0.1) is 0 Å². The van der Waals surface area contributed by atoms with Crippen molar-refractivity contribution in [1.29, 1.82) is 0 Å². The van der Waals surface area contributed by atoms with Crippen molar-refractivity contribution in [3.05, 3.63) is 48.5 Å². The Hall–Kier alpha value is -2.49. The van der Waals surface area contributed by atoms with Crippen LogP contribution >= 0.6 is 0 Å². The van der Waals surface area contributed by atoms with Crippen LogP contribution in [0.5, 0.6) is 5.75 Å². The molecule has 4 heteroatoms. The first-order valence-electron chi connectivity index (χ1n) is 6.08. The van der Waals surface area contributed by atoms with E-state index in [2.05, 4.69) is 5.32 Å². The van der Waals surface area contributed by atoms with Crippen molar-refractivity contribution in [3.63, 3.8) is 0 Å². The number of rotatable bonds is 2. The zero-order chi connectivity index (χ0) is 13.2. The fourth-order valence-corrected chi connectivity index (χ4v) is 2.23. The number of anilines is 3. The SMILES string of the molecule is COc1ccc(N2CC(=O)Nc3ccccc32)cc1. The number of ether oxygens (including phenoxy) is 1. The third-order valence-electron chi connectivity index (χ3n) is 3.15. The van der Waals surface area contributed by atoms with Crippen LogP contribution in [-0.4, -0.2) is 19.6 Å². The molecule has 4 nitrogen and oxygen atoms in total. The molecule has 1 N–H and O–H groups in total. The molecule has 1 heterocycles. The minimum Gasteiger partial charge on any atom is -0.497 e. The summed E-state index contributed by atoms with van der Waals surface area (Å²) in [7, 11) is 1.64. The van der Waals surface area contributed by atoms with Gasteiger partial charge in [-0.1, -0.05) is 12.1 Å². The monoisotopic (exact) mass is 254 g/mol. The van der Waals surface area contributed by atoms with Gasteiger partial charge in [0.25, 0.3) is 0 Å². The van der Waals surface area contributed by atoms with Crippen molar-refractivity contribution < 1.29 is 9.53 Å². The molecule has 0 bridgehead atoms. The topological polar surface area (TPSA) is 41.6 Å². The molecule has 1 aliphatic heterocycles. The van der Waals surface area contributed by atoms with Crippen LogP contribution in [0.3, 0.4) is 0 Å². The van der Waals surface area contributed by atoms with Crippen molar-refractivity contribution in [2.24, 2.45) is 0 Å². The van der Waals surface area contributed by atoms with Gasteiger partial charge < -0.3 is 15.0 Å². The van der Waals surface area contributed by atoms with Gasteiger partial charge in [0.15, 0.2) is 0 Å². The smallest absolute Gasteiger partial charge is 0.244 e. The summed E-state index contributed by atoms with van der Waals surface area (Å²) in [5.41, 5.74) is 2.82. The predicted octanol–water partition coefficient (Wildman–Crippen LogP) is 2.79. The van der Waals surface area contributed by atoms with Crippen LogP contribution in [0.25, 0.3) is 0 Å². The molecule has 0 atom stereocenters. The van der Waals surface area contributed by atoms with Crippen molar-refractivity contribution >= 4 is 23.0 Å². The second kappa shape index (κ2) is 4.65. The summed E-state index contributed by atoms with van der Waals surface area (Å²) in [5, 5.41) is 2.88. The van der Waals surface area contributed by atoms with Crippen LogP contribution in [0.2, 0.25) is 0 Å². The molecular formula is C15H14N2O2. The number of nitrogens with zero attached hydrogens (tertiary/aromatic N) is 1. The number of carbonyl (C=O) groups excluding carboxylic acids is 1. The van der Waals surface area contributed by atoms with Crippen LogP contribution in [0.1, 0.15) is 0 Å². The number of benzene rings is 2.